The number of hydrogen-bond donors (Lipinski definition) is 1. The van der Waals surface area contributed by atoms with Crippen LogP contribution in [0.4, 0.5) is 5.69 Å². The zero-order valence-corrected chi connectivity index (χ0v) is 10.2. The van der Waals surface area contributed by atoms with E-state index < -0.39 is 5.97 Å². The molecule has 0 spiro atoms. The van der Waals surface area contributed by atoms with Crippen LogP contribution in [0.1, 0.15) is 12.5 Å². The summed E-state index contributed by atoms with van der Waals surface area (Å²) in [6.45, 7) is 2.07. The van der Waals surface area contributed by atoms with Crippen molar-refractivity contribution < 1.29 is 9.53 Å². The van der Waals surface area contributed by atoms with E-state index >= 15 is 0 Å². The van der Waals surface area contributed by atoms with E-state index in [4.69, 9.17) is 33.7 Å². The van der Waals surface area contributed by atoms with E-state index in [0.29, 0.717) is 22.9 Å². The lowest BCUT2D eigenvalue weighted by molar-refractivity contribution is -0.137. The Kier molecular flexibility index (Phi) is 4.65. The predicted molar refractivity (Wildman–Crippen MR) is 66.5 cm³/mol. The number of anilines is 1. The van der Waals surface area contributed by atoms with Crippen LogP contribution in [-0.4, -0.2) is 12.6 Å². The summed E-state index contributed by atoms with van der Waals surface area (Å²) in [5.41, 5.74) is 6.58. The maximum atomic E-state index is 11.1. The molecule has 1 aromatic carbocycles. The third-order valence-electron chi connectivity index (χ3n) is 1.83. The minimum atomic E-state index is -0.425. The first-order valence-corrected chi connectivity index (χ1v) is 5.40. The first kappa shape index (κ1) is 12.9. The summed E-state index contributed by atoms with van der Waals surface area (Å²) in [6.07, 6.45) is 2.82. The van der Waals surface area contributed by atoms with Gasteiger partial charge in [-0.25, -0.2) is 4.79 Å². The third-order valence-corrected chi connectivity index (χ3v) is 2.74. The van der Waals surface area contributed by atoms with Gasteiger partial charge in [0.1, 0.15) is 0 Å². The highest BCUT2D eigenvalue weighted by atomic mass is 35.5. The largest absolute Gasteiger partial charge is 0.463 e. The van der Waals surface area contributed by atoms with Crippen molar-refractivity contribution in [2.75, 3.05) is 12.3 Å². The predicted octanol–water partition coefficient (Wildman–Crippen LogP) is 3.15. The Labute approximate surface area is 104 Å². The van der Waals surface area contributed by atoms with Gasteiger partial charge in [-0.1, -0.05) is 29.3 Å². The van der Waals surface area contributed by atoms with Gasteiger partial charge in [-0.15, -0.1) is 0 Å². The lowest BCUT2D eigenvalue weighted by atomic mass is 10.2. The summed E-state index contributed by atoms with van der Waals surface area (Å²) < 4.78 is 4.73. The summed E-state index contributed by atoms with van der Waals surface area (Å²) in [6, 6.07) is 3.30. The molecule has 0 bridgehead atoms. The number of halogens is 2. The molecule has 0 aromatic heterocycles. The average Bonchev–Trinajstić information content (AvgIpc) is 2.25. The zero-order chi connectivity index (χ0) is 12.1. The fraction of sp³-hybridized carbons (Fsp3) is 0.182. The lowest BCUT2D eigenvalue weighted by Crippen LogP contribution is -1.98. The van der Waals surface area contributed by atoms with Crippen molar-refractivity contribution in [3.63, 3.8) is 0 Å². The molecule has 0 saturated carbocycles. The summed E-state index contributed by atoms with van der Waals surface area (Å²) in [4.78, 5) is 11.1. The van der Waals surface area contributed by atoms with Crippen molar-refractivity contribution in [3.05, 3.63) is 33.8 Å². The first-order chi connectivity index (χ1) is 7.56. The second kappa shape index (κ2) is 5.77. The molecule has 0 radical (unpaired) electrons. The van der Waals surface area contributed by atoms with Gasteiger partial charge in [0.15, 0.2) is 0 Å². The van der Waals surface area contributed by atoms with Crippen LogP contribution in [0.25, 0.3) is 6.08 Å². The van der Waals surface area contributed by atoms with Crippen LogP contribution in [0.15, 0.2) is 18.2 Å². The summed E-state index contributed by atoms with van der Waals surface area (Å²) in [5, 5.41) is 0.606. The molecule has 1 rings (SSSR count). The average molecular weight is 260 g/mol. The molecule has 86 valence electrons. The van der Waals surface area contributed by atoms with Crippen molar-refractivity contribution in [3.8, 4) is 0 Å². The van der Waals surface area contributed by atoms with Gasteiger partial charge in [-0.05, 0) is 24.6 Å². The highest BCUT2D eigenvalue weighted by Gasteiger charge is 2.06. The lowest BCUT2D eigenvalue weighted by Gasteiger charge is -2.03. The molecule has 0 heterocycles. The molecule has 5 heteroatoms. The highest BCUT2D eigenvalue weighted by molar-refractivity contribution is 6.44. The van der Waals surface area contributed by atoms with Gasteiger partial charge in [0.05, 0.1) is 22.3 Å². The minimum absolute atomic E-state index is 0.285. The standard InChI is InChI=1S/C11H11Cl2NO2/c1-2-16-9(15)6-4-7-3-5-8(14)11(13)10(7)12/h3-6H,2,14H2,1H3. The molecule has 0 aliphatic rings. The topological polar surface area (TPSA) is 52.3 Å². The van der Waals surface area contributed by atoms with E-state index in [9.17, 15) is 4.79 Å². The number of rotatable bonds is 3. The molecular formula is C11H11Cl2NO2. The fourth-order valence-electron chi connectivity index (χ4n) is 1.06. The van der Waals surface area contributed by atoms with E-state index in [1.54, 1.807) is 19.1 Å². The molecule has 0 fully saturated rings. The molecule has 2 N–H and O–H groups in total. The van der Waals surface area contributed by atoms with Gasteiger partial charge in [0.2, 0.25) is 0 Å². The number of nitrogen functional groups attached to an aromatic ring is 1. The fourth-order valence-corrected chi connectivity index (χ4v) is 1.46. The third kappa shape index (κ3) is 3.15. The minimum Gasteiger partial charge on any atom is -0.463 e. The molecule has 16 heavy (non-hydrogen) atoms. The molecule has 0 aliphatic heterocycles. The molecule has 0 saturated heterocycles. The van der Waals surface area contributed by atoms with Gasteiger partial charge < -0.3 is 10.5 Å². The van der Waals surface area contributed by atoms with E-state index in [0.717, 1.165) is 0 Å². The number of carbonyl (C=O) groups excluding carboxylic acids is 1. The summed E-state index contributed by atoms with van der Waals surface area (Å²) in [7, 11) is 0. The Morgan fingerprint density at radius 3 is 2.75 bits per heavy atom. The monoisotopic (exact) mass is 259 g/mol. The zero-order valence-electron chi connectivity index (χ0n) is 8.67. The Bertz CT molecular complexity index is 430. The summed E-state index contributed by atoms with van der Waals surface area (Å²) >= 11 is 11.8. The SMILES string of the molecule is CCOC(=O)C=Cc1ccc(N)c(Cl)c1Cl. The molecule has 3 nitrogen and oxygen atoms in total. The van der Waals surface area contributed by atoms with Crippen molar-refractivity contribution in [2.24, 2.45) is 0 Å². The van der Waals surface area contributed by atoms with Gasteiger partial charge in [-0.2, -0.15) is 0 Å². The number of nitrogens with two attached hydrogens (primary N) is 1. The maximum absolute atomic E-state index is 11.1. The van der Waals surface area contributed by atoms with Crippen molar-refractivity contribution in [1.29, 1.82) is 0 Å². The van der Waals surface area contributed by atoms with E-state index in [-0.39, 0.29) is 5.02 Å². The number of hydrogen-bond acceptors (Lipinski definition) is 3. The van der Waals surface area contributed by atoms with Gasteiger partial charge in [-0.3, -0.25) is 0 Å². The van der Waals surface area contributed by atoms with Gasteiger partial charge in [0, 0.05) is 6.08 Å². The Balaban J connectivity index is 2.90. The van der Waals surface area contributed by atoms with Crippen LogP contribution in [0, 0.1) is 0 Å². The number of benzene rings is 1. The molecule has 0 atom stereocenters. The number of carbonyl (C=O) groups is 1. The molecule has 0 unspecified atom stereocenters. The van der Waals surface area contributed by atoms with Crippen LogP contribution in [0.2, 0.25) is 10.0 Å². The van der Waals surface area contributed by atoms with E-state index in [2.05, 4.69) is 0 Å². The molecule has 0 amide bonds. The Hall–Kier alpha value is -1.19. The normalized spacial score (nSPS) is 10.7. The quantitative estimate of drug-likeness (QED) is 0.516. The van der Waals surface area contributed by atoms with Crippen LogP contribution in [0.5, 0.6) is 0 Å². The Morgan fingerprint density at radius 2 is 2.12 bits per heavy atom. The van der Waals surface area contributed by atoms with Crippen molar-refractivity contribution in [2.45, 2.75) is 6.92 Å². The van der Waals surface area contributed by atoms with Gasteiger partial charge in [0.25, 0.3) is 0 Å². The second-order valence-electron chi connectivity index (χ2n) is 2.96. The molecular weight excluding hydrogens is 249 g/mol. The molecule has 1 aromatic rings. The van der Waals surface area contributed by atoms with E-state index in [1.807, 2.05) is 0 Å². The highest BCUT2D eigenvalue weighted by Crippen LogP contribution is 2.31. The van der Waals surface area contributed by atoms with Crippen LogP contribution in [0.3, 0.4) is 0 Å². The van der Waals surface area contributed by atoms with Crippen LogP contribution < -0.4 is 5.73 Å². The van der Waals surface area contributed by atoms with Crippen LogP contribution in [-0.2, 0) is 9.53 Å². The maximum Gasteiger partial charge on any atom is 0.330 e. The second-order valence-corrected chi connectivity index (χ2v) is 3.71. The van der Waals surface area contributed by atoms with Crippen LogP contribution >= 0.6 is 23.2 Å². The first-order valence-electron chi connectivity index (χ1n) is 4.64. The smallest absolute Gasteiger partial charge is 0.330 e. The Morgan fingerprint density at radius 1 is 1.44 bits per heavy atom. The van der Waals surface area contributed by atoms with Gasteiger partial charge >= 0.3 is 5.97 Å². The van der Waals surface area contributed by atoms with Crippen molar-refractivity contribution in [1.82, 2.24) is 0 Å². The number of esters is 1. The molecule has 0 aliphatic carbocycles. The summed E-state index contributed by atoms with van der Waals surface area (Å²) in [5.74, 6) is -0.425. The van der Waals surface area contributed by atoms with Crippen molar-refractivity contribution >= 4 is 40.9 Å². The number of ether oxygens (including phenoxy) is 1. The van der Waals surface area contributed by atoms with E-state index in [1.165, 1.54) is 12.2 Å².